The lowest BCUT2D eigenvalue weighted by atomic mass is 10.7. The molecular formula is C18H26Cl2N6O6. The quantitative estimate of drug-likeness (QED) is 0.296. The third-order valence-electron chi connectivity index (χ3n) is 3.43. The van der Waals surface area contributed by atoms with E-state index in [2.05, 4.69) is 29.9 Å². The van der Waals surface area contributed by atoms with Crippen LogP contribution < -0.4 is 9.47 Å². The molecule has 0 aliphatic heterocycles. The number of aryl methyl sites for hydroxylation is 2. The fourth-order valence-electron chi connectivity index (χ4n) is 2.13. The Morgan fingerprint density at radius 1 is 0.469 bits per heavy atom. The number of hydrogen-bond donors (Lipinski definition) is 0. The first-order valence-electron chi connectivity index (χ1n) is 9.86. The van der Waals surface area contributed by atoms with Crippen molar-refractivity contribution in [1.29, 1.82) is 0 Å². The molecule has 32 heavy (non-hydrogen) atoms. The zero-order valence-electron chi connectivity index (χ0n) is 18.0. The largest absolute Gasteiger partial charge is 0.461 e. The molecule has 2 rings (SSSR count). The maximum atomic E-state index is 5.73. The van der Waals surface area contributed by atoms with Crippen molar-refractivity contribution >= 4 is 23.2 Å². The fraction of sp³-hybridized carbons (Fsp3) is 0.667. The molecule has 0 atom stereocenters. The summed E-state index contributed by atoms with van der Waals surface area (Å²) in [5.74, 6) is 0.989. The van der Waals surface area contributed by atoms with Crippen molar-refractivity contribution in [1.82, 2.24) is 29.9 Å². The topological polar surface area (TPSA) is 133 Å². The lowest BCUT2D eigenvalue weighted by Crippen LogP contribution is -2.15. The number of nitrogens with zero attached hydrogens (tertiary/aromatic N) is 6. The Morgan fingerprint density at radius 3 is 1.09 bits per heavy atom. The van der Waals surface area contributed by atoms with Gasteiger partial charge in [-0.05, 0) is 37.0 Å². The van der Waals surface area contributed by atoms with Gasteiger partial charge in [0.05, 0.1) is 52.9 Å². The first-order chi connectivity index (χ1) is 15.5. The van der Waals surface area contributed by atoms with Crippen molar-refractivity contribution in [2.24, 2.45) is 0 Å². The Hall–Kier alpha value is -1.96. The number of ether oxygens (including phenoxy) is 6. The van der Waals surface area contributed by atoms with Crippen LogP contribution in [-0.2, 0) is 18.9 Å². The van der Waals surface area contributed by atoms with E-state index in [-0.39, 0.29) is 22.6 Å². The maximum Gasteiger partial charge on any atom is 0.321 e. The highest BCUT2D eigenvalue weighted by molar-refractivity contribution is 6.28. The van der Waals surface area contributed by atoms with E-state index >= 15 is 0 Å². The van der Waals surface area contributed by atoms with E-state index in [1.807, 2.05) is 0 Å². The Bertz CT molecular complexity index is 701. The molecule has 0 aromatic carbocycles. The van der Waals surface area contributed by atoms with Crippen LogP contribution in [0.15, 0.2) is 0 Å². The minimum atomic E-state index is 0.0987. The first-order valence-corrected chi connectivity index (χ1v) is 10.6. The predicted molar refractivity (Wildman–Crippen MR) is 113 cm³/mol. The van der Waals surface area contributed by atoms with Crippen LogP contribution in [0.25, 0.3) is 0 Å². The van der Waals surface area contributed by atoms with Gasteiger partial charge in [0, 0.05) is 0 Å². The number of halogens is 2. The van der Waals surface area contributed by atoms with Crippen LogP contribution in [0.4, 0.5) is 0 Å². The van der Waals surface area contributed by atoms with Gasteiger partial charge in [0.15, 0.2) is 0 Å². The molecule has 0 spiro atoms. The molecule has 178 valence electrons. The summed E-state index contributed by atoms with van der Waals surface area (Å²) in [6.45, 7) is 7.49. The van der Waals surface area contributed by atoms with E-state index in [1.165, 1.54) is 0 Å². The summed E-state index contributed by atoms with van der Waals surface area (Å²) in [7, 11) is 0. The number of aromatic nitrogens is 6. The van der Waals surface area contributed by atoms with Crippen LogP contribution in [-0.4, -0.2) is 96.0 Å². The number of rotatable bonds is 17. The Kier molecular flexibility index (Phi) is 13.0. The zero-order valence-corrected chi connectivity index (χ0v) is 19.5. The average Bonchev–Trinajstić information content (AvgIpc) is 2.72. The molecule has 0 aliphatic carbocycles. The van der Waals surface area contributed by atoms with E-state index in [0.717, 1.165) is 0 Å². The van der Waals surface area contributed by atoms with E-state index in [0.29, 0.717) is 77.7 Å². The molecule has 2 aromatic rings. The summed E-state index contributed by atoms with van der Waals surface area (Å²) in [6.07, 6.45) is 0. The summed E-state index contributed by atoms with van der Waals surface area (Å²) in [5.41, 5.74) is 0. The molecule has 0 N–H and O–H groups in total. The van der Waals surface area contributed by atoms with E-state index < -0.39 is 0 Å². The van der Waals surface area contributed by atoms with Gasteiger partial charge in [-0.15, -0.1) is 0 Å². The highest BCUT2D eigenvalue weighted by Gasteiger charge is 2.03. The van der Waals surface area contributed by atoms with Crippen LogP contribution in [0.5, 0.6) is 12.0 Å². The van der Waals surface area contributed by atoms with Gasteiger partial charge in [-0.3, -0.25) is 0 Å². The summed E-state index contributed by atoms with van der Waals surface area (Å²) in [4.78, 5) is 23.4. The molecule has 0 aliphatic rings. The van der Waals surface area contributed by atoms with Crippen molar-refractivity contribution in [3.63, 3.8) is 0 Å². The highest BCUT2D eigenvalue weighted by Crippen LogP contribution is 2.08. The van der Waals surface area contributed by atoms with Crippen LogP contribution in [0, 0.1) is 13.8 Å². The van der Waals surface area contributed by atoms with Crippen molar-refractivity contribution in [3.05, 3.63) is 22.2 Å². The minimum absolute atomic E-state index is 0.0987. The van der Waals surface area contributed by atoms with Gasteiger partial charge in [0.2, 0.25) is 10.6 Å². The molecular weight excluding hydrogens is 467 g/mol. The lowest BCUT2D eigenvalue weighted by molar-refractivity contribution is -0.00747. The molecule has 12 nitrogen and oxygen atoms in total. The van der Waals surface area contributed by atoms with Crippen molar-refractivity contribution < 1.29 is 28.4 Å². The second-order valence-electron chi connectivity index (χ2n) is 6.01. The maximum absolute atomic E-state index is 5.73. The lowest BCUT2D eigenvalue weighted by Gasteiger charge is -2.08. The second kappa shape index (κ2) is 15.8. The average molecular weight is 493 g/mol. The molecule has 2 aromatic heterocycles. The van der Waals surface area contributed by atoms with Gasteiger partial charge < -0.3 is 28.4 Å². The monoisotopic (exact) mass is 492 g/mol. The molecule has 0 saturated carbocycles. The van der Waals surface area contributed by atoms with Gasteiger partial charge in [-0.2, -0.15) is 19.9 Å². The third kappa shape index (κ3) is 12.2. The molecule has 0 saturated heterocycles. The molecule has 0 fully saturated rings. The van der Waals surface area contributed by atoms with Gasteiger partial charge in [0.25, 0.3) is 0 Å². The summed E-state index contributed by atoms with van der Waals surface area (Å²) < 4.78 is 32.3. The molecule has 0 unspecified atom stereocenters. The summed E-state index contributed by atoms with van der Waals surface area (Å²) >= 11 is 11.5. The van der Waals surface area contributed by atoms with E-state index in [1.54, 1.807) is 13.8 Å². The molecule has 2 heterocycles. The zero-order chi connectivity index (χ0) is 23.0. The SMILES string of the molecule is Cc1nc(Cl)nc(OCCOCCOCCOCCOCCOc2nc(C)nc(Cl)n2)n1. The second-order valence-corrected chi connectivity index (χ2v) is 6.69. The Balaban J connectivity index is 1.32. The van der Waals surface area contributed by atoms with Crippen molar-refractivity contribution in [2.75, 3.05) is 66.1 Å². The van der Waals surface area contributed by atoms with Gasteiger partial charge in [0.1, 0.15) is 24.9 Å². The van der Waals surface area contributed by atoms with Gasteiger partial charge in [-0.1, -0.05) is 0 Å². The molecule has 0 amide bonds. The minimum Gasteiger partial charge on any atom is -0.461 e. The Morgan fingerprint density at radius 2 is 0.781 bits per heavy atom. The van der Waals surface area contributed by atoms with Crippen molar-refractivity contribution in [3.8, 4) is 12.0 Å². The van der Waals surface area contributed by atoms with Crippen LogP contribution in [0.3, 0.4) is 0 Å². The molecule has 14 heteroatoms. The van der Waals surface area contributed by atoms with Crippen LogP contribution >= 0.6 is 23.2 Å². The van der Waals surface area contributed by atoms with Crippen LogP contribution in [0.1, 0.15) is 11.6 Å². The smallest absolute Gasteiger partial charge is 0.321 e. The van der Waals surface area contributed by atoms with Gasteiger partial charge >= 0.3 is 12.0 Å². The van der Waals surface area contributed by atoms with Gasteiger partial charge in [-0.25, -0.2) is 9.97 Å². The fourth-order valence-corrected chi connectivity index (χ4v) is 2.52. The molecule has 0 bridgehead atoms. The Labute approximate surface area is 195 Å². The summed E-state index contributed by atoms with van der Waals surface area (Å²) in [5, 5.41) is 0.197. The predicted octanol–water partition coefficient (Wildman–Crippen LogP) is 1.50. The third-order valence-corrected chi connectivity index (χ3v) is 3.77. The standard InChI is InChI=1S/C18H26Cl2N6O6/c1-13-21-15(19)25-17(23-13)31-11-9-29-7-5-27-3-4-28-6-8-30-10-12-32-18-24-14(2)22-16(20)26-18/h3-12H2,1-2H3. The van der Waals surface area contributed by atoms with E-state index in [4.69, 9.17) is 51.6 Å². The van der Waals surface area contributed by atoms with E-state index in [9.17, 15) is 0 Å². The number of hydrogen-bond acceptors (Lipinski definition) is 12. The first kappa shape index (κ1) is 26.3. The van der Waals surface area contributed by atoms with Crippen molar-refractivity contribution in [2.45, 2.75) is 13.8 Å². The normalized spacial score (nSPS) is 11.0. The molecule has 0 radical (unpaired) electrons. The highest BCUT2D eigenvalue weighted by atomic mass is 35.5. The summed E-state index contributed by atoms with van der Waals surface area (Å²) in [6, 6.07) is 0.359. The van der Waals surface area contributed by atoms with Crippen LogP contribution in [0.2, 0.25) is 10.6 Å².